The number of hydrogen-bond acceptors (Lipinski definition) is 6. The quantitative estimate of drug-likeness (QED) is 0.716. The number of para-hydroxylation sites is 2. The molecular formula is C22H24N4O3. The van der Waals surface area contributed by atoms with Crippen LogP contribution in [0.15, 0.2) is 48.5 Å². The third kappa shape index (κ3) is 4.08. The van der Waals surface area contributed by atoms with Crippen molar-refractivity contribution in [3.05, 3.63) is 48.5 Å². The Hall–Kier alpha value is -3.35. The third-order valence-corrected chi connectivity index (χ3v) is 5.14. The van der Waals surface area contributed by atoms with Gasteiger partial charge in [-0.3, -0.25) is 4.79 Å². The number of fused-ring (bicyclic) bond motifs is 1. The summed E-state index contributed by atoms with van der Waals surface area (Å²) >= 11 is 0. The number of nitrogens with one attached hydrogen (secondary N) is 1. The molecule has 2 aromatic carbocycles. The molecular weight excluding hydrogens is 368 g/mol. The molecule has 1 saturated heterocycles. The molecule has 3 aromatic rings. The second-order valence-electron chi connectivity index (χ2n) is 7.05. The molecule has 1 aromatic heterocycles. The molecule has 1 fully saturated rings. The summed E-state index contributed by atoms with van der Waals surface area (Å²) in [4.78, 5) is 24.3. The van der Waals surface area contributed by atoms with Gasteiger partial charge in [0.05, 0.1) is 31.2 Å². The van der Waals surface area contributed by atoms with Crippen molar-refractivity contribution in [3.63, 3.8) is 0 Å². The number of nitrogens with zero attached hydrogens (tertiary/aromatic N) is 3. The van der Waals surface area contributed by atoms with Crippen molar-refractivity contribution in [1.82, 2.24) is 9.97 Å². The maximum atomic E-state index is 12.9. The zero-order valence-electron chi connectivity index (χ0n) is 16.6. The second-order valence-corrected chi connectivity index (χ2v) is 7.05. The van der Waals surface area contributed by atoms with Crippen LogP contribution in [0.2, 0.25) is 0 Å². The largest absolute Gasteiger partial charge is 0.497 e. The Bertz CT molecular complexity index is 1020. The van der Waals surface area contributed by atoms with Gasteiger partial charge in [-0.15, -0.1) is 0 Å². The van der Waals surface area contributed by atoms with Crippen LogP contribution in [0, 0.1) is 5.92 Å². The van der Waals surface area contributed by atoms with Gasteiger partial charge in [0, 0.05) is 24.8 Å². The zero-order valence-corrected chi connectivity index (χ0v) is 16.6. The predicted octanol–water partition coefficient (Wildman–Crippen LogP) is 3.50. The van der Waals surface area contributed by atoms with Gasteiger partial charge in [-0.05, 0) is 37.1 Å². The van der Waals surface area contributed by atoms with E-state index < -0.39 is 0 Å². The Morgan fingerprint density at radius 1 is 1.07 bits per heavy atom. The highest BCUT2D eigenvalue weighted by molar-refractivity contribution is 5.93. The Morgan fingerprint density at radius 2 is 1.86 bits per heavy atom. The van der Waals surface area contributed by atoms with Crippen LogP contribution in [0.1, 0.15) is 12.8 Å². The van der Waals surface area contributed by atoms with Gasteiger partial charge in [0.2, 0.25) is 5.91 Å². The van der Waals surface area contributed by atoms with Gasteiger partial charge in [-0.1, -0.05) is 18.2 Å². The molecule has 29 heavy (non-hydrogen) atoms. The number of amides is 1. The SMILES string of the molecule is COc1cccc(NC(=O)C2CCCN(c3nc4ccccc4nc3OC)C2)c1. The van der Waals surface area contributed by atoms with Crippen molar-refractivity contribution in [2.45, 2.75) is 12.8 Å². The molecule has 150 valence electrons. The number of benzene rings is 2. The van der Waals surface area contributed by atoms with Crippen LogP contribution in [-0.2, 0) is 4.79 Å². The van der Waals surface area contributed by atoms with E-state index in [0.717, 1.165) is 36.1 Å². The average molecular weight is 392 g/mol. The topological polar surface area (TPSA) is 76.6 Å². The normalized spacial score (nSPS) is 16.5. The van der Waals surface area contributed by atoms with E-state index in [4.69, 9.17) is 14.5 Å². The fraction of sp³-hybridized carbons (Fsp3) is 0.318. The van der Waals surface area contributed by atoms with E-state index in [1.165, 1.54) is 0 Å². The molecule has 0 aliphatic carbocycles. The van der Waals surface area contributed by atoms with Crippen LogP contribution in [0.5, 0.6) is 11.6 Å². The van der Waals surface area contributed by atoms with Crippen molar-refractivity contribution in [2.75, 3.05) is 37.5 Å². The standard InChI is InChI=1S/C22H24N4O3/c1-28-17-9-5-8-16(13-17)23-21(27)15-7-6-12-26(14-15)20-22(29-2)25-19-11-4-3-10-18(19)24-20/h3-5,8-11,13,15H,6-7,12,14H2,1-2H3,(H,23,27). The van der Waals surface area contributed by atoms with Crippen LogP contribution in [0.3, 0.4) is 0 Å². The maximum Gasteiger partial charge on any atom is 0.257 e. The summed E-state index contributed by atoms with van der Waals surface area (Å²) in [5.74, 6) is 1.73. The number of carbonyl (C=O) groups excluding carboxylic acids is 1. The summed E-state index contributed by atoms with van der Waals surface area (Å²) in [5.41, 5.74) is 2.33. The first-order valence-electron chi connectivity index (χ1n) is 9.68. The lowest BCUT2D eigenvalue weighted by atomic mass is 9.97. The van der Waals surface area contributed by atoms with E-state index >= 15 is 0 Å². The van der Waals surface area contributed by atoms with Gasteiger partial charge in [0.25, 0.3) is 5.88 Å². The zero-order chi connectivity index (χ0) is 20.2. The molecule has 7 nitrogen and oxygen atoms in total. The fourth-order valence-corrected chi connectivity index (χ4v) is 3.65. The summed E-state index contributed by atoms with van der Waals surface area (Å²) in [7, 11) is 3.21. The van der Waals surface area contributed by atoms with E-state index in [1.807, 2.05) is 48.5 Å². The molecule has 0 radical (unpaired) electrons. The van der Waals surface area contributed by atoms with Gasteiger partial charge in [-0.2, -0.15) is 0 Å². The van der Waals surface area contributed by atoms with Gasteiger partial charge in [0.15, 0.2) is 5.82 Å². The van der Waals surface area contributed by atoms with Gasteiger partial charge < -0.3 is 19.7 Å². The highest BCUT2D eigenvalue weighted by atomic mass is 16.5. The summed E-state index contributed by atoms with van der Waals surface area (Å²) in [5, 5.41) is 3.00. The third-order valence-electron chi connectivity index (χ3n) is 5.14. The lowest BCUT2D eigenvalue weighted by Crippen LogP contribution is -2.41. The molecule has 7 heteroatoms. The number of piperidine rings is 1. The fourth-order valence-electron chi connectivity index (χ4n) is 3.65. The number of ether oxygens (including phenoxy) is 2. The van der Waals surface area contributed by atoms with Crippen molar-refractivity contribution in [3.8, 4) is 11.6 Å². The molecule has 1 amide bonds. The van der Waals surface area contributed by atoms with Crippen LogP contribution in [0.25, 0.3) is 11.0 Å². The van der Waals surface area contributed by atoms with Crippen molar-refractivity contribution in [2.24, 2.45) is 5.92 Å². The summed E-state index contributed by atoms with van der Waals surface area (Å²) in [6.45, 7) is 1.38. The minimum Gasteiger partial charge on any atom is -0.497 e. The first kappa shape index (κ1) is 19.0. The van der Waals surface area contributed by atoms with Gasteiger partial charge in [0.1, 0.15) is 5.75 Å². The Morgan fingerprint density at radius 3 is 2.62 bits per heavy atom. The molecule has 1 aliphatic rings. The minimum absolute atomic E-state index is 0.00401. The molecule has 0 saturated carbocycles. The molecule has 4 rings (SSSR count). The molecule has 1 unspecified atom stereocenters. The van der Waals surface area contributed by atoms with Crippen LogP contribution < -0.4 is 19.7 Å². The Labute approximate surface area is 169 Å². The second kappa shape index (κ2) is 8.34. The molecule has 2 heterocycles. The Balaban J connectivity index is 1.53. The van der Waals surface area contributed by atoms with Crippen molar-refractivity contribution in [1.29, 1.82) is 0 Å². The number of hydrogen-bond donors (Lipinski definition) is 1. The van der Waals surface area contributed by atoms with E-state index in [1.54, 1.807) is 14.2 Å². The molecule has 1 aliphatic heterocycles. The van der Waals surface area contributed by atoms with Crippen molar-refractivity contribution >= 4 is 28.4 Å². The highest BCUT2D eigenvalue weighted by Crippen LogP contribution is 2.31. The van der Waals surface area contributed by atoms with E-state index in [9.17, 15) is 4.79 Å². The van der Waals surface area contributed by atoms with Crippen LogP contribution in [-0.4, -0.2) is 43.2 Å². The highest BCUT2D eigenvalue weighted by Gasteiger charge is 2.29. The first-order valence-corrected chi connectivity index (χ1v) is 9.68. The van der Waals surface area contributed by atoms with Crippen molar-refractivity contribution < 1.29 is 14.3 Å². The van der Waals surface area contributed by atoms with Crippen LogP contribution in [0.4, 0.5) is 11.5 Å². The number of aromatic nitrogens is 2. The summed E-state index contributed by atoms with van der Waals surface area (Å²) in [6.07, 6.45) is 1.73. The maximum absolute atomic E-state index is 12.9. The van der Waals surface area contributed by atoms with E-state index in [-0.39, 0.29) is 11.8 Å². The summed E-state index contributed by atoms with van der Waals surface area (Å²) < 4.78 is 10.7. The van der Waals surface area contributed by atoms with E-state index in [0.29, 0.717) is 24.0 Å². The monoisotopic (exact) mass is 392 g/mol. The smallest absolute Gasteiger partial charge is 0.257 e. The molecule has 1 N–H and O–H groups in total. The molecule has 0 bridgehead atoms. The minimum atomic E-state index is -0.145. The number of methoxy groups -OCH3 is 2. The number of carbonyl (C=O) groups is 1. The Kier molecular flexibility index (Phi) is 5.46. The average Bonchev–Trinajstić information content (AvgIpc) is 2.78. The predicted molar refractivity (Wildman–Crippen MR) is 113 cm³/mol. The summed E-state index contributed by atoms with van der Waals surface area (Å²) in [6, 6.07) is 15.1. The van der Waals surface area contributed by atoms with Crippen LogP contribution >= 0.6 is 0 Å². The lowest BCUT2D eigenvalue weighted by molar-refractivity contribution is -0.120. The number of anilines is 2. The number of rotatable bonds is 5. The van der Waals surface area contributed by atoms with Gasteiger partial charge >= 0.3 is 0 Å². The van der Waals surface area contributed by atoms with E-state index in [2.05, 4.69) is 15.2 Å². The molecule has 0 spiro atoms. The molecule has 1 atom stereocenters. The van der Waals surface area contributed by atoms with Gasteiger partial charge in [-0.25, -0.2) is 9.97 Å². The lowest BCUT2D eigenvalue weighted by Gasteiger charge is -2.33. The first-order chi connectivity index (χ1) is 14.2.